The minimum atomic E-state index is -2.86. The molecule has 180 valence electrons. The number of halogens is 3. The van der Waals surface area contributed by atoms with Gasteiger partial charge in [-0.3, -0.25) is 4.79 Å². The number of hydrogen-bond donors (Lipinski definition) is 3. The van der Waals surface area contributed by atoms with Crippen LogP contribution in [-0.4, -0.2) is 44.2 Å². The maximum atomic E-state index is 12.7. The summed E-state index contributed by atoms with van der Waals surface area (Å²) in [5.41, 5.74) is 2.37. The molecule has 1 fully saturated rings. The molecule has 3 rings (SSSR count). The Labute approximate surface area is 210 Å². The molecule has 1 unspecified atom stereocenters. The Morgan fingerprint density at radius 3 is 2.76 bits per heavy atom. The van der Waals surface area contributed by atoms with Crippen LogP contribution >= 0.6 is 24.0 Å². The number of nitrogens with zero attached hydrogens (tertiary/aromatic N) is 2. The number of para-hydroxylation sites is 2. The molecule has 0 aliphatic carbocycles. The summed E-state index contributed by atoms with van der Waals surface area (Å²) in [4.78, 5) is 18.0. The van der Waals surface area contributed by atoms with Crippen molar-refractivity contribution in [1.82, 2.24) is 10.6 Å². The van der Waals surface area contributed by atoms with Crippen LogP contribution in [0, 0.1) is 0 Å². The second kappa shape index (κ2) is 13.2. The number of carbonyl (C=O) groups excluding carboxylic acids is 1. The van der Waals surface area contributed by atoms with Crippen LogP contribution < -0.4 is 25.6 Å². The lowest BCUT2D eigenvalue weighted by atomic mass is 10.2. The first-order chi connectivity index (χ1) is 15.4. The van der Waals surface area contributed by atoms with Gasteiger partial charge in [0.05, 0.1) is 12.2 Å². The van der Waals surface area contributed by atoms with Gasteiger partial charge in [0.15, 0.2) is 5.96 Å². The predicted octanol–water partition coefficient (Wildman–Crippen LogP) is 4.20. The summed E-state index contributed by atoms with van der Waals surface area (Å²) in [5.74, 6) is 0.746. The van der Waals surface area contributed by atoms with Gasteiger partial charge in [-0.1, -0.05) is 24.3 Å². The van der Waals surface area contributed by atoms with Gasteiger partial charge >= 0.3 is 6.61 Å². The van der Waals surface area contributed by atoms with E-state index in [2.05, 4.69) is 25.7 Å². The molecule has 7 nitrogen and oxygen atoms in total. The fourth-order valence-electron chi connectivity index (χ4n) is 3.65. The molecule has 0 bridgehead atoms. The van der Waals surface area contributed by atoms with Gasteiger partial charge in [0.2, 0.25) is 5.91 Å². The topological polar surface area (TPSA) is 78.0 Å². The highest BCUT2D eigenvalue weighted by Gasteiger charge is 2.26. The molecule has 0 aromatic heterocycles. The van der Waals surface area contributed by atoms with Crippen molar-refractivity contribution >= 4 is 47.2 Å². The molecule has 0 radical (unpaired) electrons. The lowest BCUT2D eigenvalue weighted by Gasteiger charge is -2.22. The molecule has 1 aliphatic rings. The maximum absolute atomic E-state index is 12.7. The first-order valence-electron chi connectivity index (χ1n) is 10.6. The molecule has 3 N–H and O–H groups in total. The van der Waals surface area contributed by atoms with Crippen molar-refractivity contribution in [2.24, 2.45) is 4.99 Å². The average Bonchev–Trinajstić information content (AvgIpc) is 3.20. The molecule has 10 heteroatoms. The van der Waals surface area contributed by atoms with E-state index in [-0.39, 0.29) is 41.7 Å². The Bertz CT molecular complexity index is 945. The molecule has 1 atom stereocenters. The maximum Gasteiger partial charge on any atom is 0.387 e. The summed E-state index contributed by atoms with van der Waals surface area (Å²) in [6, 6.07) is 14.5. The zero-order chi connectivity index (χ0) is 22.9. The summed E-state index contributed by atoms with van der Waals surface area (Å²) >= 11 is 0. The Balaban J connectivity index is 0.00000385. The van der Waals surface area contributed by atoms with Crippen LogP contribution in [0.3, 0.4) is 0 Å². The van der Waals surface area contributed by atoms with Crippen molar-refractivity contribution in [3.63, 3.8) is 0 Å². The van der Waals surface area contributed by atoms with E-state index in [0.717, 1.165) is 24.2 Å². The molecule has 0 saturated carbocycles. The second-order valence-corrected chi connectivity index (χ2v) is 7.50. The molecule has 1 aliphatic heterocycles. The van der Waals surface area contributed by atoms with Crippen molar-refractivity contribution in [3.8, 4) is 5.75 Å². The van der Waals surface area contributed by atoms with Gasteiger partial charge in [-0.15, -0.1) is 24.0 Å². The summed E-state index contributed by atoms with van der Waals surface area (Å²) in [7, 11) is 0. The zero-order valence-electron chi connectivity index (χ0n) is 18.7. The molecular formula is C23H30F2IN5O2. The molecule has 2 aromatic carbocycles. The summed E-state index contributed by atoms with van der Waals surface area (Å²) in [6.45, 7) is 3.13. The number of ether oxygens (including phenoxy) is 1. The fraction of sp³-hybridized carbons (Fsp3) is 0.391. The summed E-state index contributed by atoms with van der Waals surface area (Å²) < 4.78 is 30.1. The van der Waals surface area contributed by atoms with E-state index in [0.29, 0.717) is 31.3 Å². The molecule has 0 spiro atoms. The number of amides is 1. The first-order valence-corrected chi connectivity index (χ1v) is 10.6. The molecular weight excluding hydrogens is 543 g/mol. The van der Waals surface area contributed by atoms with Crippen LogP contribution in [0.2, 0.25) is 0 Å². The van der Waals surface area contributed by atoms with E-state index < -0.39 is 6.61 Å². The average molecular weight is 573 g/mol. The highest BCUT2D eigenvalue weighted by molar-refractivity contribution is 14.0. The third-order valence-electron chi connectivity index (χ3n) is 4.96. The number of guanidine groups is 1. The number of alkyl halides is 2. The fourth-order valence-corrected chi connectivity index (χ4v) is 3.65. The third kappa shape index (κ3) is 8.34. The first kappa shape index (κ1) is 26.6. The van der Waals surface area contributed by atoms with Gasteiger partial charge < -0.3 is 25.6 Å². The van der Waals surface area contributed by atoms with Gasteiger partial charge in [-0.25, -0.2) is 4.99 Å². The van der Waals surface area contributed by atoms with Gasteiger partial charge in [0, 0.05) is 38.3 Å². The number of anilines is 2. The van der Waals surface area contributed by atoms with Crippen LogP contribution in [0.15, 0.2) is 53.5 Å². The van der Waals surface area contributed by atoms with E-state index >= 15 is 0 Å². The lowest BCUT2D eigenvalue weighted by Crippen LogP contribution is -2.44. The number of nitrogens with one attached hydrogen (secondary N) is 3. The van der Waals surface area contributed by atoms with E-state index in [1.54, 1.807) is 18.2 Å². The van der Waals surface area contributed by atoms with Crippen LogP contribution in [0.25, 0.3) is 0 Å². The monoisotopic (exact) mass is 573 g/mol. The largest absolute Gasteiger partial charge is 0.433 e. The van der Waals surface area contributed by atoms with E-state index in [1.165, 1.54) is 6.92 Å². The molecule has 33 heavy (non-hydrogen) atoms. The molecule has 1 amide bonds. The Kier molecular flexibility index (Phi) is 10.6. The van der Waals surface area contributed by atoms with Crippen LogP contribution in [0.5, 0.6) is 5.75 Å². The molecule has 1 saturated heterocycles. The number of rotatable bonds is 8. The molecule has 2 aromatic rings. The van der Waals surface area contributed by atoms with E-state index in [4.69, 9.17) is 0 Å². The zero-order valence-corrected chi connectivity index (χ0v) is 21.0. The minimum absolute atomic E-state index is 0. The van der Waals surface area contributed by atoms with Gasteiger partial charge in [-0.05, 0) is 43.2 Å². The number of benzene rings is 2. The Morgan fingerprint density at radius 1 is 1.24 bits per heavy atom. The van der Waals surface area contributed by atoms with E-state index in [9.17, 15) is 13.6 Å². The van der Waals surface area contributed by atoms with Crippen molar-refractivity contribution in [3.05, 3.63) is 54.1 Å². The van der Waals surface area contributed by atoms with Crippen molar-refractivity contribution in [1.29, 1.82) is 0 Å². The lowest BCUT2D eigenvalue weighted by molar-refractivity contribution is -0.114. The smallest absolute Gasteiger partial charge is 0.387 e. The molecule has 1 heterocycles. The van der Waals surface area contributed by atoms with Gasteiger partial charge in [0.1, 0.15) is 5.75 Å². The van der Waals surface area contributed by atoms with Gasteiger partial charge in [-0.2, -0.15) is 8.78 Å². The highest BCUT2D eigenvalue weighted by Crippen LogP contribution is 2.31. The minimum Gasteiger partial charge on any atom is -0.433 e. The third-order valence-corrected chi connectivity index (χ3v) is 4.96. The van der Waals surface area contributed by atoms with Crippen molar-refractivity contribution in [2.75, 3.05) is 29.9 Å². The van der Waals surface area contributed by atoms with Crippen LogP contribution in [0.4, 0.5) is 20.2 Å². The van der Waals surface area contributed by atoms with Crippen molar-refractivity contribution < 1.29 is 18.3 Å². The SMILES string of the molecule is CCNC(=NCc1cccc(NC(C)=O)c1)NC1CCN(c2ccccc2OC(F)F)C1.I. The second-order valence-electron chi connectivity index (χ2n) is 7.50. The van der Waals surface area contributed by atoms with Crippen molar-refractivity contribution in [2.45, 2.75) is 39.5 Å². The van der Waals surface area contributed by atoms with Crippen LogP contribution in [0.1, 0.15) is 25.8 Å². The number of hydrogen-bond acceptors (Lipinski definition) is 4. The van der Waals surface area contributed by atoms with Gasteiger partial charge in [0.25, 0.3) is 0 Å². The number of carbonyl (C=O) groups is 1. The van der Waals surface area contributed by atoms with E-state index in [1.807, 2.05) is 42.2 Å². The summed E-state index contributed by atoms with van der Waals surface area (Å²) in [6.07, 6.45) is 0.839. The Hall–Kier alpha value is -2.63. The normalized spacial score (nSPS) is 15.7. The highest BCUT2D eigenvalue weighted by atomic mass is 127. The Morgan fingerprint density at radius 2 is 2.03 bits per heavy atom. The standard InChI is InChI=1S/C23H29F2N5O2.HI/c1-3-26-23(27-14-17-7-6-8-18(13-17)28-16(2)31)29-19-11-12-30(15-19)20-9-4-5-10-21(20)32-22(24)25;/h4-10,13,19,22H,3,11-12,14-15H2,1-2H3,(H,28,31)(H2,26,27,29);1H. The number of aliphatic imine (C=N–C) groups is 1. The predicted molar refractivity (Wildman–Crippen MR) is 138 cm³/mol. The quantitative estimate of drug-likeness (QED) is 0.251. The van der Waals surface area contributed by atoms with Crippen LogP contribution in [-0.2, 0) is 11.3 Å². The summed E-state index contributed by atoms with van der Waals surface area (Å²) in [5, 5.41) is 9.45.